The molecule has 0 saturated heterocycles. The molecule has 5 nitrogen and oxygen atoms in total. The van der Waals surface area contributed by atoms with Gasteiger partial charge in [0.25, 0.3) is 0 Å². The molecule has 0 saturated carbocycles. The molecule has 4 aromatic carbocycles. The summed E-state index contributed by atoms with van der Waals surface area (Å²) in [5.41, 5.74) is 11.0. The summed E-state index contributed by atoms with van der Waals surface area (Å²) in [5.74, 6) is 2.44. The summed E-state index contributed by atoms with van der Waals surface area (Å²) < 4.78 is 10.8. The zero-order valence-electron chi connectivity index (χ0n) is 32.5. The van der Waals surface area contributed by atoms with Crippen molar-refractivity contribution in [2.45, 2.75) is 92.9 Å². The maximum Gasteiger partial charge on any atom is 0.137 e. The van der Waals surface area contributed by atoms with Crippen LogP contribution in [0.4, 0.5) is 0 Å². The van der Waals surface area contributed by atoms with E-state index in [2.05, 4.69) is 159 Å². The van der Waals surface area contributed by atoms with Gasteiger partial charge in [0, 0.05) is 40.9 Å². The molecule has 3 heterocycles. The molecule has 0 fully saturated rings. The number of para-hydroxylation sites is 1. The van der Waals surface area contributed by atoms with Crippen molar-refractivity contribution >= 4 is 21.8 Å². The number of ether oxygens (including phenoxy) is 1. The molecule has 0 atom stereocenters. The summed E-state index contributed by atoms with van der Waals surface area (Å²) >= 11 is 0. The van der Waals surface area contributed by atoms with E-state index in [-0.39, 0.29) is 16.2 Å². The lowest BCUT2D eigenvalue weighted by Crippen LogP contribution is -2.19. The number of hydrogen-bond donors (Lipinski definition) is 0. The molecular formula is C47H52N4O. The second-order valence-electron chi connectivity index (χ2n) is 17.6. The lowest BCUT2D eigenvalue weighted by molar-refractivity contribution is 0.378. The average Bonchev–Trinajstić information content (AvgIpc) is 3.69. The van der Waals surface area contributed by atoms with Gasteiger partial charge in [-0.15, -0.1) is 0 Å². The van der Waals surface area contributed by atoms with E-state index < -0.39 is 0 Å². The van der Waals surface area contributed by atoms with Gasteiger partial charge in [0.2, 0.25) is 0 Å². The molecule has 0 radical (unpaired) electrons. The van der Waals surface area contributed by atoms with Gasteiger partial charge < -0.3 is 4.74 Å². The Kier molecular flexibility index (Phi) is 8.89. The fraction of sp³-hybridized carbons (Fsp3) is 0.319. The number of fused-ring (bicyclic) bond motifs is 3. The number of nitrogens with zero attached hydrogens (tertiary/aromatic N) is 4. The number of pyridine rings is 1. The maximum absolute atomic E-state index is 6.59. The van der Waals surface area contributed by atoms with Gasteiger partial charge in [0.1, 0.15) is 17.3 Å². The van der Waals surface area contributed by atoms with Crippen molar-refractivity contribution in [1.82, 2.24) is 19.3 Å². The van der Waals surface area contributed by atoms with E-state index in [4.69, 9.17) is 14.8 Å². The quantitative estimate of drug-likeness (QED) is 0.167. The Morgan fingerprint density at radius 2 is 1.37 bits per heavy atom. The Hall–Kier alpha value is -5.16. The minimum absolute atomic E-state index is 0.0187. The largest absolute Gasteiger partial charge is 0.457 e. The maximum atomic E-state index is 6.59. The molecule has 3 aromatic heterocycles. The molecule has 0 unspecified atom stereocenters. The minimum atomic E-state index is -0.0187. The Morgan fingerprint density at radius 1 is 0.673 bits per heavy atom. The molecule has 266 valence electrons. The Morgan fingerprint density at radius 3 is 2.08 bits per heavy atom. The minimum Gasteiger partial charge on any atom is -0.457 e. The van der Waals surface area contributed by atoms with E-state index >= 15 is 0 Å². The Balaban J connectivity index is 1.24. The van der Waals surface area contributed by atoms with Crippen LogP contribution in [-0.4, -0.2) is 19.3 Å². The van der Waals surface area contributed by atoms with Crippen molar-refractivity contribution in [3.8, 4) is 34.1 Å². The van der Waals surface area contributed by atoms with Gasteiger partial charge in [-0.2, -0.15) is 5.10 Å². The third-order valence-corrected chi connectivity index (χ3v) is 9.94. The molecule has 0 amide bonds. The number of aryl methyl sites for hydroxylation is 2. The average molecular weight is 689 g/mol. The van der Waals surface area contributed by atoms with Gasteiger partial charge in [-0.05, 0) is 101 Å². The summed E-state index contributed by atoms with van der Waals surface area (Å²) in [6.45, 7) is 22.8. The molecular weight excluding hydrogens is 637 g/mol. The summed E-state index contributed by atoms with van der Waals surface area (Å²) in [6, 6.07) is 32.1. The van der Waals surface area contributed by atoms with Crippen LogP contribution in [0.1, 0.15) is 91.0 Å². The lowest BCUT2D eigenvalue weighted by atomic mass is 9.74. The van der Waals surface area contributed by atoms with Gasteiger partial charge in [-0.3, -0.25) is 4.57 Å². The third kappa shape index (κ3) is 7.14. The molecule has 7 aromatic rings. The van der Waals surface area contributed by atoms with E-state index in [1.807, 2.05) is 29.2 Å². The van der Waals surface area contributed by atoms with Crippen LogP contribution in [0.2, 0.25) is 0 Å². The Labute approximate surface area is 309 Å². The van der Waals surface area contributed by atoms with Gasteiger partial charge in [-0.25, -0.2) is 9.67 Å². The lowest BCUT2D eigenvalue weighted by Gasteiger charge is -2.30. The van der Waals surface area contributed by atoms with Crippen LogP contribution in [-0.2, 0) is 17.3 Å². The molecule has 0 N–H and O–H groups in total. The van der Waals surface area contributed by atoms with Gasteiger partial charge in [0.05, 0.1) is 22.9 Å². The normalized spacial score (nSPS) is 12.6. The third-order valence-electron chi connectivity index (χ3n) is 9.94. The summed E-state index contributed by atoms with van der Waals surface area (Å²) in [5, 5.41) is 7.24. The van der Waals surface area contributed by atoms with Crippen LogP contribution in [0.5, 0.6) is 11.5 Å². The first-order valence-corrected chi connectivity index (χ1v) is 18.5. The molecule has 0 spiro atoms. The second-order valence-corrected chi connectivity index (χ2v) is 17.6. The number of hydrogen-bond acceptors (Lipinski definition) is 3. The van der Waals surface area contributed by atoms with Crippen LogP contribution in [0.25, 0.3) is 44.4 Å². The van der Waals surface area contributed by atoms with E-state index in [0.29, 0.717) is 0 Å². The monoisotopic (exact) mass is 688 g/mol. The fourth-order valence-electron chi connectivity index (χ4n) is 7.22. The highest BCUT2D eigenvalue weighted by atomic mass is 16.5. The van der Waals surface area contributed by atoms with Crippen molar-refractivity contribution in [1.29, 1.82) is 0 Å². The second kappa shape index (κ2) is 13.1. The van der Waals surface area contributed by atoms with Crippen molar-refractivity contribution in [2.75, 3.05) is 0 Å². The first-order chi connectivity index (χ1) is 24.5. The highest BCUT2D eigenvalue weighted by Crippen LogP contribution is 2.42. The molecule has 0 bridgehead atoms. The van der Waals surface area contributed by atoms with Crippen LogP contribution < -0.4 is 4.74 Å². The van der Waals surface area contributed by atoms with Gasteiger partial charge >= 0.3 is 0 Å². The summed E-state index contributed by atoms with van der Waals surface area (Å²) in [4.78, 5) is 4.86. The van der Waals surface area contributed by atoms with Crippen molar-refractivity contribution in [3.63, 3.8) is 0 Å². The van der Waals surface area contributed by atoms with E-state index in [9.17, 15) is 0 Å². The van der Waals surface area contributed by atoms with Gasteiger partial charge in [0.15, 0.2) is 0 Å². The van der Waals surface area contributed by atoms with E-state index in [1.165, 1.54) is 38.6 Å². The molecule has 0 aliphatic heterocycles. The fourth-order valence-corrected chi connectivity index (χ4v) is 7.22. The molecule has 52 heavy (non-hydrogen) atoms. The predicted molar refractivity (Wildman–Crippen MR) is 218 cm³/mol. The topological polar surface area (TPSA) is 44.9 Å². The molecule has 0 aliphatic carbocycles. The van der Waals surface area contributed by atoms with Crippen molar-refractivity contribution < 1.29 is 4.74 Å². The number of rotatable bonds is 7. The van der Waals surface area contributed by atoms with Crippen molar-refractivity contribution in [3.05, 3.63) is 132 Å². The smallest absolute Gasteiger partial charge is 0.137 e. The number of aromatic nitrogens is 4. The molecule has 0 aliphatic rings. The highest BCUT2D eigenvalue weighted by molar-refractivity contribution is 6.09. The standard InChI is InChI=1S/C47H52N4O/c1-31-24-39(46(5,6)7)44(40(25-31)47(8,9)10)33-29-49-50(30-33)34-14-13-15-35(27-34)52-36-18-19-38-37-16-11-12-17-41(37)51(42(38)28-36)43-26-32(21-23-48-43)20-22-45(2,3)4/h11-19,21,23-30H,20,22H2,1-10H3. The highest BCUT2D eigenvalue weighted by Gasteiger charge is 2.28. The first kappa shape index (κ1) is 35.3. The van der Waals surface area contributed by atoms with Crippen LogP contribution >= 0.6 is 0 Å². The molecule has 5 heteroatoms. The summed E-state index contributed by atoms with van der Waals surface area (Å²) in [6.07, 6.45) is 8.22. The van der Waals surface area contributed by atoms with Gasteiger partial charge in [-0.1, -0.05) is 104 Å². The Bertz CT molecular complexity index is 2370. The molecule has 7 rings (SSSR count). The predicted octanol–water partition coefficient (Wildman–Crippen LogP) is 12.7. The SMILES string of the molecule is Cc1cc(C(C)(C)C)c(-c2cnn(-c3cccc(Oc4ccc5c6ccccc6n(-c6cc(CCC(C)(C)C)ccn6)c5c4)c3)c2)c(C(C)(C)C)c1. The number of benzene rings is 4. The van der Waals surface area contributed by atoms with E-state index in [0.717, 1.165) is 52.4 Å². The van der Waals surface area contributed by atoms with Crippen LogP contribution in [0.3, 0.4) is 0 Å². The van der Waals surface area contributed by atoms with Crippen LogP contribution in [0.15, 0.2) is 110 Å². The van der Waals surface area contributed by atoms with E-state index in [1.54, 1.807) is 0 Å². The zero-order valence-corrected chi connectivity index (χ0v) is 32.5. The zero-order chi connectivity index (χ0) is 37.0. The van der Waals surface area contributed by atoms with Crippen molar-refractivity contribution in [2.24, 2.45) is 5.41 Å². The summed E-state index contributed by atoms with van der Waals surface area (Å²) in [7, 11) is 0. The first-order valence-electron chi connectivity index (χ1n) is 18.5. The van der Waals surface area contributed by atoms with Crippen LogP contribution in [0, 0.1) is 12.3 Å².